The molecular formula is C23H30N4O2. The van der Waals surface area contributed by atoms with E-state index in [1.807, 2.05) is 36.4 Å². The first-order valence-corrected chi connectivity index (χ1v) is 10.3. The van der Waals surface area contributed by atoms with E-state index in [2.05, 4.69) is 41.6 Å². The highest BCUT2D eigenvalue weighted by molar-refractivity contribution is 5.80. The smallest absolute Gasteiger partial charge is 0.224 e. The van der Waals surface area contributed by atoms with E-state index in [0.717, 1.165) is 43.1 Å². The highest BCUT2D eigenvalue weighted by atomic mass is 16.5. The number of hydrogen-bond donors (Lipinski definition) is 2. The predicted molar refractivity (Wildman–Crippen MR) is 117 cm³/mol. The molecule has 2 aromatic rings. The van der Waals surface area contributed by atoms with Crippen molar-refractivity contribution in [3.05, 3.63) is 60.3 Å². The third-order valence-corrected chi connectivity index (χ3v) is 4.47. The lowest BCUT2D eigenvalue weighted by atomic mass is 10.2. The van der Waals surface area contributed by atoms with Gasteiger partial charge >= 0.3 is 0 Å². The van der Waals surface area contributed by atoms with Crippen LogP contribution < -0.4 is 20.1 Å². The lowest BCUT2D eigenvalue weighted by Gasteiger charge is -2.17. The van der Waals surface area contributed by atoms with Gasteiger partial charge in [-0.3, -0.25) is 0 Å². The van der Waals surface area contributed by atoms with E-state index in [9.17, 15) is 0 Å². The van der Waals surface area contributed by atoms with Crippen LogP contribution in [0.15, 0.2) is 59.7 Å². The van der Waals surface area contributed by atoms with Crippen LogP contribution in [0.3, 0.4) is 0 Å². The first-order valence-electron chi connectivity index (χ1n) is 10.3. The number of nitrogens with one attached hydrogen (secondary N) is 2. The van der Waals surface area contributed by atoms with E-state index in [0.29, 0.717) is 30.8 Å². The van der Waals surface area contributed by atoms with Crippen molar-refractivity contribution < 1.29 is 9.47 Å². The molecule has 0 spiro atoms. The van der Waals surface area contributed by atoms with E-state index >= 15 is 0 Å². The van der Waals surface area contributed by atoms with Crippen LogP contribution in [-0.4, -0.2) is 30.1 Å². The van der Waals surface area contributed by atoms with Gasteiger partial charge in [0.2, 0.25) is 5.88 Å². The number of hydrogen-bond acceptors (Lipinski definition) is 4. The molecular weight excluding hydrogens is 364 g/mol. The summed E-state index contributed by atoms with van der Waals surface area (Å²) in [5.41, 5.74) is 0.916. The lowest BCUT2D eigenvalue weighted by molar-refractivity contribution is 0.300. The van der Waals surface area contributed by atoms with Crippen LogP contribution in [-0.2, 0) is 6.54 Å². The van der Waals surface area contributed by atoms with Gasteiger partial charge in [0, 0.05) is 24.3 Å². The molecule has 1 aliphatic carbocycles. The zero-order valence-electron chi connectivity index (χ0n) is 17.2. The standard InChI is InChI=1S/C23H30N4O2/c1-3-16-28-20-13-7-8-14-21(20)29-22-18(10-9-15-25-22)17-26-23(24-4-2)27-19-11-5-6-12-19/h5-10,13-15,19H,3-4,11-12,16-17H2,1-2H3,(H2,24,26,27). The van der Waals surface area contributed by atoms with Crippen molar-refractivity contribution in [3.8, 4) is 17.4 Å². The number of benzene rings is 1. The molecule has 0 bridgehead atoms. The van der Waals surface area contributed by atoms with Crippen molar-refractivity contribution in [2.24, 2.45) is 4.99 Å². The summed E-state index contributed by atoms with van der Waals surface area (Å²) >= 11 is 0. The van der Waals surface area contributed by atoms with Crippen LogP contribution in [0.2, 0.25) is 0 Å². The van der Waals surface area contributed by atoms with Crippen LogP contribution >= 0.6 is 0 Å². The Bertz CT molecular complexity index is 827. The average Bonchev–Trinajstić information content (AvgIpc) is 3.25. The van der Waals surface area contributed by atoms with Gasteiger partial charge in [-0.2, -0.15) is 0 Å². The molecule has 6 nitrogen and oxygen atoms in total. The van der Waals surface area contributed by atoms with Crippen LogP contribution in [0.1, 0.15) is 38.7 Å². The first kappa shape index (κ1) is 20.7. The minimum Gasteiger partial charge on any atom is -0.490 e. The molecule has 1 aromatic carbocycles. The molecule has 0 fully saturated rings. The van der Waals surface area contributed by atoms with Crippen LogP contribution in [0.5, 0.6) is 17.4 Å². The molecule has 29 heavy (non-hydrogen) atoms. The second kappa shape index (κ2) is 11.1. The Kier molecular flexibility index (Phi) is 7.92. The van der Waals surface area contributed by atoms with Gasteiger partial charge in [0.15, 0.2) is 17.5 Å². The highest BCUT2D eigenvalue weighted by Gasteiger charge is 2.13. The van der Waals surface area contributed by atoms with E-state index in [1.54, 1.807) is 6.20 Å². The summed E-state index contributed by atoms with van der Waals surface area (Å²) in [6, 6.07) is 12.0. The highest BCUT2D eigenvalue weighted by Crippen LogP contribution is 2.32. The molecule has 0 saturated carbocycles. The largest absolute Gasteiger partial charge is 0.490 e. The summed E-state index contributed by atoms with van der Waals surface area (Å²) in [5, 5.41) is 6.79. The maximum atomic E-state index is 6.11. The zero-order chi connectivity index (χ0) is 20.3. The number of pyridine rings is 1. The molecule has 2 N–H and O–H groups in total. The SMILES string of the molecule is CCCOc1ccccc1Oc1ncccc1CN=C(NCC)NC1CC=CC1. The second-order valence-electron chi connectivity index (χ2n) is 6.84. The molecule has 0 radical (unpaired) electrons. The minimum absolute atomic E-state index is 0.403. The summed E-state index contributed by atoms with van der Waals surface area (Å²) in [5.74, 6) is 2.73. The first-order chi connectivity index (χ1) is 14.3. The molecule has 3 rings (SSSR count). The number of guanidine groups is 1. The Balaban J connectivity index is 1.73. The molecule has 1 heterocycles. The van der Waals surface area contributed by atoms with Crippen molar-refractivity contribution in [3.63, 3.8) is 0 Å². The molecule has 154 valence electrons. The van der Waals surface area contributed by atoms with Crippen LogP contribution in [0.4, 0.5) is 0 Å². The number of aliphatic imine (C=N–C) groups is 1. The van der Waals surface area contributed by atoms with Crippen molar-refractivity contribution >= 4 is 5.96 Å². The minimum atomic E-state index is 0.403. The lowest BCUT2D eigenvalue weighted by Crippen LogP contribution is -2.42. The zero-order valence-corrected chi connectivity index (χ0v) is 17.2. The number of ether oxygens (including phenoxy) is 2. The Morgan fingerprint density at radius 3 is 2.66 bits per heavy atom. The Morgan fingerprint density at radius 2 is 1.90 bits per heavy atom. The van der Waals surface area contributed by atoms with Gasteiger partial charge in [0.25, 0.3) is 0 Å². The normalized spacial score (nSPS) is 14.1. The van der Waals surface area contributed by atoms with E-state index in [1.165, 1.54) is 0 Å². The number of para-hydroxylation sites is 2. The summed E-state index contributed by atoms with van der Waals surface area (Å²) in [6.45, 7) is 6.07. The topological polar surface area (TPSA) is 67.8 Å². The van der Waals surface area contributed by atoms with Crippen LogP contribution in [0.25, 0.3) is 0 Å². The fourth-order valence-corrected chi connectivity index (χ4v) is 3.02. The van der Waals surface area contributed by atoms with Gasteiger partial charge in [-0.1, -0.05) is 37.3 Å². The fourth-order valence-electron chi connectivity index (χ4n) is 3.02. The third kappa shape index (κ3) is 6.24. The summed E-state index contributed by atoms with van der Waals surface area (Å²) in [6.07, 6.45) is 9.12. The van der Waals surface area contributed by atoms with Crippen molar-refractivity contribution in [1.82, 2.24) is 15.6 Å². The monoisotopic (exact) mass is 394 g/mol. The van der Waals surface area contributed by atoms with Gasteiger partial charge < -0.3 is 20.1 Å². The van der Waals surface area contributed by atoms with Crippen molar-refractivity contribution in [1.29, 1.82) is 0 Å². The molecule has 1 aliphatic rings. The number of nitrogens with zero attached hydrogens (tertiary/aromatic N) is 2. The molecule has 1 aromatic heterocycles. The van der Waals surface area contributed by atoms with Gasteiger partial charge in [-0.15, -0.1) is 0 Å². The summed E-state index contributed by atoms with van der Waals surface area (Å²) in [7, 11) is 0. The summed E-state index contributed by atoms with van der Waals surface area (Å²) in [4.78, 5) is 9.16. The van der Waals surface area contributed by atoms with E-state index < -0.39 is 0 Å². The molecule has 0 amide bonds. The maximum Gasteiger partial charge on any atom is 0.224 e. The Hall–Kier alpha value is -3.02. The molecule has 0 aliphatic heterocycles. The van der Waals surface area contributed by atoms with Gasteiger partial charge in [-0.25, -0.2) is 9.98 Å². The second-order valence-corrected chi connectivity index (χ2v) is 6.84. The van der Waals surface area contributed by atoms with E-state index in [-0.39, 0.29) is 0 Å². The quantitative estimate of drug-likeness (QED) is 0.374. The summed E-state index contributed by atoms with van der Waals surface area (Å²) < 4.78 is 11.9. The molecule has 6 heteroatoms. The molecule has 0 saturated heterocycles. The average molecular weight is 395 g/mol. The van der Waals surface area contributed by atoms with Crippen molar-refractivity contribution in [2.45, 2.75) is 45.7 Å². The number of aromatic nitrogens is 1. The number of rotatable bonds is 9. The molecule has 0 atom stereocenters. The molecule has 0 unspecified atom stereocenters. The van der Waals surface area contributed by atoms with Crippen LogP contribution in [0, 0.1) is 0 Å². The van der Waals surface area contributed by atoms with E-state index in [4.69, 9.17) is 14.5 Å². The van der Waals surface area contributed by atoms with Crippen molar-refractivity contribution in [2.75, 3.05) is 13.2 Å². The Morgan fingerprint density at radius 1 is 1.10 bits per heavy atom. The Labute approximate surface area is 173 Å². The maximum absolute atomic E-state index is 6.11. The third-order valence-electron chi connectivity index (χ3n) is 4.47. The predicted octanol–water partition coefficient (Wildman–Crippen LogP) is 4.44. The van der Waals surface area contributed by atoms with Gasteiger partial charge in [0.05, 0.1) is 13.2 Å². The van der Waals surface area contributed by atoms with Gasteiger partial charge in [0.1, 0.15) is 0 Å². The van der Waals surface area contributed by atoms with Gasteiger partial charge in [-0.05, 0) is 44.4 Å². The fraction of sp³-hybridized carbons (Fsp3) is 0.391.